The Balaban J connectivity index is 2.17. The third-order valence-corrected chi connectivity index (χ3v) is 3.25. The van der Waals surface area contributed by atoms with Gasteiger partial charge in [0, 0.05) is 11.0 Å². The van der Waals surface area contributed by atoms with Crippen molar-refractivity contribution in [3.63, 3.8) is 0 Å². The molecule has 1 fully saturated rings. The fourth-order valence-electron chi connectivity index (χ4n) is 1.90. The van der Waals surface area contributed by atoms with Gasteiger partial charge in [-0.25, -0.2) is 0 Å². The van der Waals surface area contributed by atoms with Crippen LogP contribution in [0.4, 0.5) is 0 Å². The summed E-state index contributed by atoms with van der Waals surface area (Å²) in [7, 11) is 0. The highest BCUT2D eigenvalue weighted by Crippen LogP contribution is 2.25. The molecule has 0 radical (unpaired) electrons. The topological polar surface area (TPSA) is 64.4 Å². The zero-order valence-corrected chi connectivity index (χ0v) is 11.0. The largest absolute Gasteiger partial charge is 0.488 e. The van der Waals surface area contributed by atoms with Crippen molar-refractivity contribution in [3.8, 4) is 5.75 Å². The van der Waals surface area contributed by atoms with Crippen molar-refractivity contribution in [2.24, 2.45) is 5.73 Å². The van der Waals surface area contributed by atoms with E-state index in [4.69, 9.17) is 10.5 Å². The first-order valence-electron chi connectivity index (χ1n) is 5.63. The number of ether oxygens (including phenoxy) is 1. The Labute approximate surface area is 109 Å². The van der Waals surface area contributed by atoms with Gasteiger partial charge in [0.1, 0.15) is 11.9 Å². The summed E-state index contributed by atoms with van der Waals surface area (Å²) in [6.45, 7) is 1.84. The fourth-order valence-corrected chi connectivity index (χ4v) is 2.24. The maximum atomic E-state index is 11.3. The minimum Gasteiger partial charge on any atom is -0.488 e. The van der Waals surface area contributed by atoms with Gasteiger partial charge >= 0.3 is 0 Å². The molecule has 1 amide bonds. The summed E-state index contributed by atoms with van der Waals surface area (Å²) in [4.78, 5) is 11.3. The lowest BCUT2D eigenvalue weighted by atomic mass is 10.1. The molecule has 0 saturated carbocycles. The van der Waals surface area contributed by atoms with Crippen LogP contribution in [-0.2, 0) is 0 Å². The Morgan fingerprint density at radius 3 is 3.00 bits per heavy atom. The number of hydrogen-bond donors (Lipinski definition) is 2. The number of primary amides is 1. The van der Waals surface area contributed by atoms with Crippen molar-refractivity contribution < 1.29 is 9.53 Å². The van der Waals surface area contributed by atoms with Crippen molar-refractivity contribution in [2.45, 2.75) is 18.9 Å². The number of amides is 1. The van der Waals surface area contributed by atoms with Crippen LogP contribution in [0.15, 0.2) is 22.7 Å². The van der Waals surface area contributed by atoms with Gasteiger partial charge in [-0.3, -0.25) is 4.79 Å². The van der Waals surface area contributed by atoms with Gasteiger partial charge in [-0.05, 0) is 37.6 Å². The molecule has 3 N–H and O–H groups in total. The molecule has 0 aromatic heterocycles. The van der Waals surface area contributed by atoms with Crippen LogP contribution < -0.4 is 15.8 Å². The van der Waals surface area contributed by atoms with Crippen LogP contribution in [0.5, 0.6) is 5.75 Å². The number of carbonyl (C=O) groups is 1. The molecule has 1 aliphatic heterocycles. The van der Waals surface area contributed by atoms with E-state index in [1.165, 1.54) is 0 Å². The molecule has 1 heterocycles. The van der Waals surface area contributed by atoms with E-state index in [-0.39, 0.29) is 6.10 Å². The van der Waals surface area contributed by atoms with Gasteiger partial charge in [0.15, 0.2) is 0 Å². The first-order chi connectivity index (χ1) is 8.16. The SMILES string of the molecule is NC(=O)c1ccc(Br)cc1O[C@H]1CCCNC1. The average molecular weight is 299 g/mol. The molecule has 1 aliphatic rings. The van der Waals surface area contributed by atoms with Crippen LogP contribution in [0.25, 0.3) is 0 Å². The molecule has 2 rings (SSSR count). The highest BCUT2D eigenvalue weighted by atomic mass is 79.9. The monoisotopic (exact) mass is 298 g/mol. The molecule has 0 spiro atoms. The van der Waals surface area contributed by atoms with Gasteiger partial charge < -0.3 is 15.8 Å². The Bertz CT molecular complexity index is 417. The predicted molar refractivity (Wildman–Crippen MR) is 69.2 cm³/mol. The summed E-state index contributed by atoms with van der Waals surface area (Å²) in [5.74, 6) is 0.0943. The minimum absolute atomic E-state index is 0.108. The van der Waals surface area contributed by atoms with Crippen molar-refractivity contribution in [2.75, 3.05) is 13.1 Å². The third-order valence-electron chi connectivity index (χ3n) is 2.75. The van der Waals surface area contributed by atoms with Gasteiger partial charge in [0.25, 0.3) is 5.91 Å². The molecule has 1 atom stereocenters. The molecular weight excluding hydrogens is 284 g/mol. The number of hydrogen-bond acceptors (Lipinski definition) is 3. The zero-order valence-electron chi connectivity index (χ0n) is 9.41. The van der Waals surface area contributed by atoms with Crippen LogP contribution >= 0.6 is 15.9 Å². The lowest BCUT2D eigenvalue weighted by Crippen LogP contribution is -2.37. The predicted octanol–water partition coefficient (Wildman–Crippen LogP) is 1.68. The summed E-state index contributed by atoms with van der Waals surface area (Å²) in [6.07, 6.45) is 2.19. The van der Waals surface area contributed by atoms with Crippen LogP contribution in [0.1, 0.15) is 23.2 Å². The van der Waals surface area contributed by atoms with E-state index in [1.54, 1.807) is 18.2 Å². The minimum atomic E-state index is -0.462. The van der Waals surface area contributed by atoms with E-state index < -0.39 is 5.91 Å². The molecule has 5 heteroatoms. The first kappa shape index (κ1) is 12.4. The second-order valence-electron chi connectivity index (χ2n) is 4.09. The molecule has 1 saturated heterocycles. The standard InChI is InChI=1S/C12H15BrN2O2/c13-8-3-4-10(12(14)16)11(6-8)17-9-2-1-5-15-7-9/h3-4,6,9,15H,1-2,5,7H2,(H2,14,16)/t9-/m0/s1. The number of piperidine rings is 1. The second kappa shape index (κ2) is 5.51. The summed E-state index contributed by atoms with van der Waals surface area (Å²) >= 11 is 3.36. The van der Waals surface area contributed by atoms with Crippen molar-refractivity contribution in [3.05, 3.63) is 28.2 Å². The molecule has 4 nitrogen and oxygen atoms in total. The molecule has 1 aromatic rings. The van der Waals surface area contributed by atoms with E-state index in [0.717, 1.165) is 30.4 Å². The van der Waals surface area contributed by atoms with E-state index in [2.05, 4.69) is 21.2 Å². The number of nitrogens with two attached hydrogens (primary N) is 1. The Morgan fingerprint density at radius 2 is 2.35 bits per heavy atom. The van der Waals surface area contributed by atoms with Gasteiger partial charge in [0.2, 0.25) is 0 Å². The quantitative estimate of drug-likeness (QED) is 0.892. The number of benzene rings is 1. The number of rotatable bonds is 3. The lowest BCUT2D eigenvalue weighted by Gasteiger charge is -2.24. The summed E-state index contributed by atoms with van der Waals surface area (Å²) in [5, 5.41) is 3.27. The van der Waals surface area contributed by atoms with Crippen LogP contribution in [-0.4, -0.2) is 25.1 Å². The number of nitrogens with one attached hydrogen (secondary N) is 1. The molecule has 1 aromatic carbocycles. The number of halogens is 1. The van der Waals surface area contributed by atoms with Gasteiger partial charge in [-0.15, -0.1) is 0 Å². The molecule has 0 unspecified atom stereocenters. The van der Waals surface area contributed by atoms with E-state index in [1.807, 2.05) is 0 Å². The van der Waals surface area contributed by atoms with Gasteiger partial charge in [0.05, 0.1) is 5.56 Å². The highest BCUT2D eigenvalue weighted by Gasteiger charge is 2.17. The van der Waals surface area contributed by atoms with E-state index in [9.17, 15) is 4.79 Å². The zero-order chi connectivity index (χ0) is 12.3. The average Bonchev–Trinajstić information content (AvgIpc) is 2.30. The smallest absolute Gasteiger partial charge is 0.252 e. The normalized spacial score (nSPS) is 19.9. The van der Waals surface area contributed by atoms with Crippen LogP contribution in [0.3, 0.4) is 0 Å². The Hall–Kier alpha value is -1.07. The van der Waals surface area contributed by atoms with E-state index >= 15 is 0 Å². The number of carbonyl (C=O) groups excluding carboxylic acids is 1. The lowest BCUT2D eigenvalue weighted by molar-refractivity contribution is 0.0990. The van der Waals surface area contributed by atoms with Crippen LogP contribution in [0, 0.1) is 0 Å². The van der Waals surface area contributed by atoms with Gasteiger partial charge in [-0.1, -0.05) is 15.9 Å². The molecular formula is C12H15BrN2O2. The Kier molecular flexibility index (Phi) is 4.02. The van der Waals surface area contributed by atoms with Crippen LogP contribution in [0.2, 0.25) is 0 Å². The third kappa shape index (κ3) is 3.20. The molecule has 0 bridgehead atoms. The molecule has 17 heavy (non-hydrogen) atoms. The summed E-state index contributed by atoms with van der Waals surface area (Å²) in [5.41, 5.74) is 5.75. The first-order valence-corrected chi connectivity index (χ1v) is 6.43. The molecule has 0 aliphatic carbocycles. The second-order valence-corrected chi connectivity index (χ2v) is 5.01. The maximum Gasteiger partial charge on any atom is 0.252 e. The summed E-state index contributed by atoms with van der Waals surface area (Å²) < 4.78 is 6.71. The van der Waals surface area contributed by atoms with Gasteiger partial charge in [-0.2, -0.15) is 0 Å². The summed E-state index contributed by atoms with van der Waals surface area (Å²) in [6, 6.07) is 5.25. The fraction of sp³-hybridized carbons (Fsp3) is 0.417. The van der Waals surface area contributed by atoms with Crippen molar-refractivity contribution in [1.29, 1.82) is 0 Å². The Morgan fingerprint density at radius 1 is 1.53 bits per heavy atom. The molecule has 92 valence electrons. The van der Waals surface area contributed by atoms with Crippen molar-refractivity contribution in [1.82, 2.24) is 5.32 Å². The van der Waals surface area contributed by atoms with Crippen molar-refractivity contribution >= 4 is 21.8 Å². The van der Waals surface area contributed by atoms with E-state index in [0.29, 0.717) is 11.3 Å². The highest BCUT2D eigenvalue weighted by molar-refractivity contribution is 9.10. The maximum absolute atomic E-state index is 11.3.